The standard InChI is InChI=1S/C15H22N2O/c1-10(2)15(7-8-15)9-17-14(18)13-11(3)5-4-6-12(13)16/h4-6,10H,7-9,16H2,1-3H3,(H,17,18). The molecule has 0 spiro atoms. The number of amides is 1. The Morgan fingerprint density at radius 1 is 1.44 bits per heavy atom. The smallest absolute Gasteiger partial charge is 0.253 e. The summed E-state index contributed by atoms with van der Waals surface area (Å²) in [5, 5.41) is 3.05. The molecule has 1 aromatic carbocycles. The molecule has 3 N–H and O–H groups in total. The monoisotopic (exact) mass is 246 g/mol. The summed E-state index contributed by atoms with van der Waals surface area (Å²) in [4.78, 5) is 12.2. The second kappa shape index (κ2) is 4.63. The van der Waals surface area contributed by atoms with E-state index in [0.29, 0.717) is 22.6 Å². The van der Waals surface area contributed by atoms with Crippen LogP contribution in [0.2, 0.25) is 0 Å². The molecule has 0 heterocycles. The van der Waals surface area contributed by atoms with Gasteiger partial charge in [0.2, 0.25) is 0 Å². The first kappa shape index (κ1) is 12.9. The van der Waals surface area contributed by atoms with Gasteiger partial charge in [-0.3, -0.25) is 4.79 Å². The van der Waals surface area contributed by atoms with Crippen LogP contribution in [0.15, 0.2) is 18.2 Å². The van der Waals surface area contributed by atoms with Crippen LogP contribution in [0.25, 0.3) is 0 Å². The van der Waals surface area contributed by atoms with Gasteiger partial charge in [0.1, 0.15) is 0 Å². The van der Waals surface area contributed by atoms with Crippen LogP contribution in [-0.2, 0) is 0 Å². The van der Waals surface area contributed by atoms with E-state index in [0.717, 1.165) is 12.1 Å². The van der Waals surface area contributed by atoms with Crippen molar-refractivity contribution >= 4 is 11.6 Å². The summed E-state index contributed by atoms with van der Waals surface area (Å²) in [5.41, 5.74) is 8.31. The molecule has 1 aliphatic carbocycles. The van der Waals surface area contributed by atoms with Gasteiger partial charge >= 0.3 is 0 Å². The van der Waals surface area contributed by atoms with E-state index >= 15 is 0 Å². The maximum Gasteiger partial charge on any atom is 0.253 e. The Labute approximate surface area is 109 Å². The van der Waals surface area contributed by atoms with Crippen molar-refractivity contribution in [2.45, 2.75) is 33.6 Å². The fourth-order valence-electron chi connectivity index (χ4n) is 2.46. The van der Waals surface area contributed by atoms with Gasteiger partial charge in [0.15, 0.2) is 0 Å². The number of carbonyl (C=O) groups is 1. The van der Waals surface area contributed by atoms with Crippen LogP contribution >= 0.6 is 0 Å². The number of aryl methyl sites for hydroxylation is 1. The fourth-order valence-corrected chi connectivity index (χ4v) is 2.46. The van der Waals surface area contributed by atoms with Crippen molar-refractivity contribution in [2.75, 3.05) is 12.3 Å². The number of nitrogens with two attached hydrogens (primary N) is 1. The zero-order valence-electron chi connectivity index (χ0n) is 11.4. The molecule has 0 aliphatic heterocycles. The van der Waals surface area contributed by atoms with E-state index in [4.69, 9.17) is 5.73 Å². The first-order valence-corrected chi connectivity index (χ1v) is 6.59. The molecule has 0 unspecified atom stereocenters. The predicted molar refractivity (Wildman–Crippen MR) is 74.4 cm³/mol. The van der Waals surface area contributed by atoms with Gasteiger partial charge in [-0.1, -0.05) is 26.0 Å². The molecule has 2 rings (SSSR count). The maximum atomic E-state index is 12.2. The molecule has 1 aromatic rings. The number of nitrogens with one attached hydrogen (secondary N) is 1. The third kappa shape index (κ3) is 2.35. The zero-order chi connectivity index (χ0) is 13.3. The number of nitrogen functional groups attached to an aromatic ring is 1. The van der Waals surface area contributed by atoms with Gasteiger partial charge in [0.25, 0.3) is 5.91 Å². The highest BCUT2D eigenvalue weighted by Gasteiger charge is 2.45. The van der Waals surface area contributed by atoms with Gasteiger partial charge in [0, 0.05) is 12.2 Å². The minimum atomic E-state index is -0.0440. The average Bonchev–Trinajstić information content (AvgIpc) is 3.07. The van der Waals surface area contributed by atoms with Crippen LogP contribution in [0.1, 0.15) is 42.6 Å². The van der Waals surface area contributed by atoms with E-state index in [1.807, 2.05) is 19.1 Å². The Bertz CT molecular complexity index is 441. The lowest BCUT2D eigenvalue weighted by Crippen LogP contribution is -2.33. The summed E-state index contributed by atoms with van der Waals surface area (Å²) in [5.74, 6) is 0.574. The number of hydrogen-bond acceptors (Lipinski definition) is 2. The molecule has 98 valence electrons. The third-order valence-corrected chi connectivity index (χ3v) is 4.25. The zero-order valence-corrected chi connectivity index (χ0v) is 11.4. The molecule has 3 nitrogen and oxygen atoms in total. The van der Waals surface area contributed by atoms with Crippen molar-refractivity contribution in [3.05, 3.63) is 29.3 Å². The Kier molecular flexibility index (Phi) is 3.33. The average molecular weight is 246 g/mol. The number of rotatable bonds is 4. The van der Waals surface area contributed by atoms with Crippen molar-refractivity contribution in [1.82, 2.24) is 5.32 Å². The lowest BCUT2D eigenvalue weighted by atomic mass is 9.92. The summed E-state index contributed by atoms with van der Waals surface area (Å²) < 4.78 is 0. The summed E-state index contributed by atoms with van der Waals surface area (Å²) in [7, 11) is 0. The Hall–Kier alpha value is -1.51. The van der Waals surface area contributed by atoms with E-state index < -0.39 is 0 Å². The summed E-state index contributed by atoms with van der Waals surface area (Å²) in [6, 6.07) is 5.57. The van der Waals surface area contributed by atoms with Crippen LogP contribution in [0.3, 0.4) is 0 Å². The molecule has 0 bridgehead atoms. The molecule has 3 heteroatoms. The topological polar surface area (TPSA) is 55.1 Å². The van der Waals surface area contributed by atoms with Crippen molar-refractivity contribution in [1.29, 1.82) is 0 Å². The second-order valence-electron chi connectivity index (χ2n) is 5.74. The highest BCUT2D eigenvalue weighted by Crippen LogP contribution is 2.51. The van der Waals surface area contributed by atoms with Crippen molar-refractivity contribution in [3.63, 3.8) is 0 Å². The molecule has 1 fully saturated rings. The molecule has 0 saturated heterocycles. The van der Waals surface area contributed by atoms with Crippen LogP contribution in [-0.4, -0.2) is 12.5 Å². The van der Waals surface area contributed by atoms with Gasteiger partial charge in [-0.05, 0) is 42.7 Å². The quantitative estimate of drug-likeness (QED) is 0.803. The van der Waals surface area contributed by atoms with Gasteiger partial charge in [0.05, 0.1) is 5.56 Å². The van der Waals surface area contributed by atoms with Crippen LogP contribution in [0.4, 0.5) is 5.69 Å². The van der Waals surface area contributed by atoms with Crippen molar-refractivity contribution in [2.24, 2.45) is 11.3 Å². The highest BCUT2D eigenvalue weighted by atomic mass is 16.1. The van der Waals surface area contributed by atoms with Gasteiger partial charge in [-0.25, -0.2) is 0 Å². The fraction of sp³-hybridized carbons (Fsp3) is 0.533. The van der Waals surface area contributed by atoms with E-state index in [1.165, 1.54) is 12.8 Å². The van der Waals surface area contributed by atoms with Crippen LogP contribution in [0, 0.1) is 18.3 Å². The normalized spacial score (nSPS) is 16.7. The van der Waals surface area contributed by atoms with Gasteiger partial charge in [-0.2, -0.15) is 0 Å². The molecular weight excluding hydrogens is 224 g/mol. The molecule has 1 aliphatic rings. The van der Waals surface area contributed by atoms with Crippen LogP contribution in [0.5, 0.6) is 0 Å². The van der Waals surface area contributed by atoms with Gasteiger partial charge < -0.3 is 11.1 Å². The predicted octanol–water partition coefficient (Wildman–Crippen LogP) is 2.74. The van der Waals surface area contributed by atoms with Crippen molar-refractivity contribution < 1.29 is 4.79 Å². The summed E-state index contributed by atoms with van der Waals surface area (Å²) in [6.07, 6.45) is 2.43. The first-order chi connectivity index (χ1) is 8.46. The van der Waals surface area contributed by atoms with E-state index in [9.17, 15) is 4.79 Å². The molecular formula is C15H22N2O. The molecule has 1 amide bonds. The van der Waals surface area contributed by atoms with E-state index in [1.54, 1.807) is 6.07 Å². The SMILES string of the molecule is Cc1cccc(N)c1C(=O)NCC1(C(C)C)CC1. The number of carbonyl (C=O) groups excluding carboxylic acids is 1. The highest BCUT2D eigenvalue weighted by molar-refractivity contribution is 6.00. The Balaban J connectivity index is 2.05. The van der Waals surface area contributed by atoms with E-state index in [-0.39, 0.29) is 5.91 Å². The molecule has 1 saturated carbocycles. The number of anilines is 1. The molecule has 18 heavy (non-hydrogen) atoms. The Morgan fingerprint density at radius 2 is 2.11 bits per heavy atom. The molecule has 0 radical (unpaired) electrons. The number of hydrogen-bond donors (Lipinski definition) is 2. The second-order valence-corrected chi connectivity index (χ2v) is 5.74. The maximum absolute atomic E-state index is 12.2. The minimum Gasteiger partial charge on any atom is -0.398 e. The molecule has 0 aromatic heterocycles. The third-order valence-electron chi connectivity index (χ3n) is 4.25. The van der Waals surface area contributed by atoms with Crippen LogP contribution < -0.4 is 11.1 Å². The molecule has 0 atom stereocenters. The minimum absolute atomic E-state index is 0.0440. The van der Waals surface area contributed by atoms with Gasteiger partial charge in [-0.15, -0.1) is 0 Å². The van der Waals surface area contributed by atoms with Crippen molar-refractivity contribution in [3.8, 4) is 0 Å². The first-order valence-electron chi connectivity index (χ1n) is 6.59. The van der Waals surface area contributed by atoms with E-state index in [2.05, 4.69) is 19.2 Å². The Morgan fingerprint density at radius 3 is 2.61 bits per heavy atom. The largest absolute Gasteiger partial charge is 0.398 e. The summed E-state index contributed by atoms with van der Waals surface area (Å²) >= 11 is 0. The lowest BCUT2D eigenvalue weighted by Gasteiger charge is -2.20. The lowest BCUT2D eigenvalue weighted by molar-refractivity contribution is 0.0940. The number of benzene rings is 1. The summed E-state index contributed by atoms with van der Waals surface area (Å²) in [6.45, 7) is 7.13.